The number of carbonyl (C=O) groups is 2. The van der Waals surface area contributed by atoms with Crippen LogP contribution in [0.25, 0.3) is 0 Å². The second-order valence-electron chi connectivity index (χ2n) is 10.3. The van der Waals surface area contributed by atoms with Gasteiger partial charge in [0.25, 0.3) is 5.91 Å². The minimum atomic E-state index is -4.79. The Morgan fingerprint density at radius 3 is 2.03 bits per heavy atom. The number of ether oxygens (including phenoxy) is 1. The summed E-state index contributed by atoms with van der Waals surface area (Å²) in [6.07, 6.45) is -0.216. The Morgan fingerprint density at radius 1 is 0.892 bits per heavy atom. The summed E-state index contributed by atoms with van der Waals surface area (Å²) in [7, 11) is 2.11. The zero-order valence-corrected chi connectivity index (χ0v) is 20.7. The van der Waals surface area contributed by atoms with Crippen LogP contribution in [0.5, 0.6) is 5.75 Å². The lowest BCUT2D eigenvalue weighted by molar-refractivity contribution is -0.274. The molecule has 2 aromatic carbocycles. The van der Waals surface area contributed by atoms with E-state index in [0.29, 0.717) is 5.69 Å². The minimum Gasteiger partial charge on any atom is -0.406 e. The van der Waals surface area contributed by atoms with E-state index < -0.39 is 17.8 Å². The molecule has 1 aliphatic heterocycles. The number of piperazine rings is 1. The van der Waals surface area contributed by atoms with Crippen LogP contribution >= 0.6 is 0 Å². The monoisotopic (exact) mass is 516 g/mol. The third kappa shape index (κ3) is 5.45. The Bertz CT molecular complexity index is 1130. The van der Waals surface area contributed by atoms with Crippen molar-refractivity contribution in [2.45, 2.75) is 49.5 Å². The molecule has 0 radical (unpaired) electrons. The van der Waals surface area contributed by atoms with Crippen LogP contribution in [0.15, 0.2) is 48.5 Å². The molecule has 7 nitrogen and oxygen atoms in total. The number of rotatable bonds is 7. The van der Waals surface area contributed by atoms with E-state index in [1.54, 1.807) is 12.1 Å². The summed E-state index contributed by atoms with van der Waals surface area (Å²) in [4.78, 5) is 30.6. The van der Waals surface area contributed by atoms with Crippen molar-refractivity contribution >= 4 is 17.5 Å². The number of carbonyl (C=O) groups excluding carboxylic acids is 2. The van der Waals surface area contributed by atoms with Crippen molar-refractivity contribution in [1.82, 2.24) is 15.1 Å². The van der Waals surface area contributed by atoms with E-state index in [1.165, 1.54) is 12.1 Å². The van der Waals surface area contributed by atoms with E-state index in [1.807, 2.05) is 12.1 Å². The number of benzene rings is 2. The first-order valence-corrected chi connectivity index (χ1v) is 12.6. The number of hydrogen-bond donors (Lipinski definition) is 2. The highest BCUT2D eigenvalue weighted by atomic mass is 19.4. The van der Waals surface area contributed by atoms with Crippen molar-refractivity contribution in [2.24, 2.45) is 0 Å². The Labute approximate surface area is 213 Å². The highest BCUT2D eigenvalue weighted by Gasteiger charge is 2.56. The van der Waals surface area contributed by atoms with Gasteiger partial charge in [0.05, 0.1) is 5.54 Å². The van der Waals surface area contributed by atoms with Gasteiger partial charge in [-0.2, -0.15) is 0 Å². The molecule has 10 heteroatoms. The van der Waals surface area contributed by atoms with Crippen LogP contribution < -0.4 is 15.4 Å². The van der Waals surface area contributed by atoms with Gasteiger partial charge in [0.15, 0.2) is 0 Å². The number of hydrogen-bond acceptors (Lipinski definition) is 5. The average Bonchev–Trinajstić information content (AvgIpc) is 3.64. The maximum Gasteiger partial charge on any atom is 0.573 e. The van der Waals surface area contributed by atoms with Gasteiger partial charge >= 0.3 is 6.36 Å². The number of alkyl halides is 3. The number of amides is 2. The first kappa shape index (κ1) is 25.5. The number of nitrogens with one attached hydrogen (secondary N) is 2. The first-order chi connectivity index (χ1) is 17.6. The maximum absolute atomic E-state index is 13.5. The molecule has 3 aliphatic rings. The van der Waals surface area contributed by atoms with Gasteiger partial charge in [-0.15, -0.1) is 13.2 Å². The molecule has 0 bridgehead atoms. The summed E-state index contributed by atoms with van der Waals surface area (Å²) in [5, 5.41) is 6.15. The maximum atomic E-state index is 13.5. The number of likely N-dealkylation sites (N-methyl/N-ethyl adjacent to an activating group) is 1. The lowest BCUT2D eigenvalue weighted by atomic mass is 9.71. The molecule has 0 unspecified atom stereocenters. The Morgan fingerprint density at radius 2 is 1.51 bits per heavy atom. The summed E-state index contributed by atoms with van der Waals surface area (Å²) >= 11 is 0. The SMILES string of the molecule is CN1CCN(C2(C(=O)NC3(c4ccc(NC(=O)c5ccc(OC(F)(F)F)cc5)cc4)CCC3)CC2)CC1. The van der Waals surface area contributed by atoms with E-state index in [4.69, 9.17) is 0 Å². The number of halogens is 3. The van der Waals surface area contributed by atoms with Crippen LogP contribution in [0.4, 0.5) is 18.9 Å². The predicted molar refractivity (Wildman–Crippen MR) is 132 cm³/mol. The summed E-state index contributed by atoms with van der Waals surface area (Å²) in [6, 6.07) is 12.2. The molecule has 2 aromatic rings. The highest BCUT2D eigenvalue weighted by molar-refractivity contribution is 6.04. The lowest BCUT2D eigenvalue weighted by Crippen LogP contribution is -2.60. The van der Waals surface area contributed by atoms with Gasteiger partial charge in [0.2, 0.25) is 5.91 Å². The van der Waals surface area contributed by atoms with Crippen LogP contribution in [-0.4, -0.2) is 66.7 Å². The molecular weight excluding hydrogens is 485 g/mol. The fraction of sp³-hybridized carbons (Fsp3) is 0.481. The van der Waals surface area contributed by atoms with Crippen molar-refractivity contribution in [3.05, 3.63) is 59.7 Å². The fourth-order valence-corrected chi connectivity index (χ4v) is 5.27. The van der Waals surface area contributed by atoms with Gasteiger partial charge in [-0.05, 0) is 81.1 Å². The van der Waals surface area contributed by atoms with Crippen molar-refractivity contribution in [2.75, 3.05) is 38.5 Å². The van der Waals surface area contributed by atoms with Gasteiger partial charge in [0, 0.05) is 37.4 Å². The lowest BCUT2D eigenvalue weighted by Gasteiger charge is -2.45. The van der Waals surface area contributed by atoms with Gasteiger partial charge in [-0.3, -0.25) is 14.5 Å². The Balaban J connectivity index is 1.21. The van der Waals surface area contributed by atoms with E-state index >= 15 is 0 Å². The second-order valence-corrected chi connectivity index (χ2v) is 10.3. The molecule has 37 heavy (non-hydrogen) atoms. The molecule has 0 spiro atoms. The third-order valence-electron chi connectivity index (χ3n) is 7.86. The zero-order valence-electron chi connectivity index (χ0n) is 20.7. The van der Waals surface area contributed by atoms with E-state index in [-0.39, 0.29) is 22.8 Å². The smallest absolute Gasteiger partial charge is 0.406 e. The molecule has 2 amide bonds. The van der Waals surface area contributed by atoms with E-state index in [2.05, 4.69) is 32.2 Å². The van der Waals surface area contributed by atoms with Crippen molar-refractivity contribution < 1.29 is 27.5 Å². The normalized spacial score (nSPS) is 21.0. The average molecular weight is 517 g/mol. The Kier molecular flexibility index (Phi) is 6.66. The van der Waals surface area contributed by atoms with Crippen molar-refractivity contribution in [3.63, 3.8) is 0 Å². The predicted octanol–water partition coefficient (Wildman–Crippen LogP) is 4.11. The molecule has 2 N–H and O–H groups in total. The van der Waals surface area contributed by atoms with Crippen molar-refractivity contribution in [3.8, 4) is 5.75 Å². The summed E-state index contributed by atoms with van der Waals surface area (Å²) in [6.45, 7) is 3.75. The van der Waals surface area contributed by atoms with E-state index in [9.17, 15) is 22.8 Å². The highest BCUT2D eigenvalue weighted by Crippen LogP contribution is 2.46. The number of anilines is 1. The van der Waals surface area contributed by atoms with Crippen LogP contribution in [0, 0.1) is 0 Å². The largest absolute Gasteiger partial charge is 0.573 e. The van der Waals surface area contributed by atoms with Crippen LogP contribution in [0.1, 0.15) is 48.0 Å². The van der Waals surface area contributed by atoms with E-state index in [0.717, 1.165) is 76.0 Å². The third-order valence-corrected chi connectivity index (χ3v) is 7.86. The summed E-state index contributed by atoms with van der Waals surface area (Å²) in [5.74, 6) is -0.713. The van der Waals surface area contributed by atoms with Gasteiger partial charge < -0.3 is 20.3 Å². The molecule has 198 valence electrons. The molecular formula is C27H31F3N4O3. The molecule has 0 atom stereocenters. The first-order valence-electron chi connectivity index (χ1n) is 12.6. The fourth-order valence-electron chi connectivity index (χ4n) is 5.27. The molecule has 0 aromatic heterocycles. The molecule has 3 fully saturated rings. The van der Waals surface area contributed by atoms with Crippen LogP contribution in [0.3, 0.4) is 0 Å². The van der Waals surface area contributed by atoms with Crippen molar-refractivity contribution in [1.29, 1.82) is 0 Å². The second kappa shape index (κ2) is 9.64. The quantitative estimate of drug-likeness (QED) is 0.580. The Hall–Kier alpha value is -3.11. The molecule has 5 rings (SSSR count). The zero-order chi connectivity index (χ0) is 26.3. The summed E-state index contributed by atoms with van der Waals surface area (Å²) < 4.78 is 40.8. The van der Waals surface area contributed by atoms with Gasteiger partial charge in [0.1, 0.15) is 11.3 Å². The van der Waals surface area contributed by atoms with Crippen LogP contribution in [-0.2, 0) is 10.3 Å². The summed E-state index contributed by atoms with van der Waals surface area (Å²) in [5.41, 5.74) is 1.00. The standard InChI is InChI=1S/C27H31F3N4O3/c1-33-15-17-34(18-16-33)26(13-14-26)24(36)32-25(11-2-12-25)20-5-7-21(8-6-20)31-23(35)19-3-9-22(10-4-19)37-27(28,29)30/h3-10H,2,11-18H2,1H3,(H,31,35)(H,32,36). The molecule has 1 heterocycles. The van der Waals surface area contributed by atoms with Gasteiger partial charge in [-0.25, -0.2) is 0 Å². The molecule has 1 saturated heterocycles. The van der Waals surface area contributed by atoms with Crippen LogP contribution in [0.2, 0.25) is 0 Å². The topological polar surface area (TPSA) is 73.9 Å². The van der Waals surface area contributed by atoms with Gasteiger partial charge in [-0.1, -0.05) is 12.1 Å². The molecule has 2 aliphatic carbocycles. The molecule has 2 saturated carbocycles. The minimum absolute atomic E-state index is 0.118. The number of nitrogens with zero attached hydrogens (tertiary/aromatic N) is 2.